The molecule has 0 fully saturated rings. The van der Waals surface area contributed by atoms with Crippen LogP contribution in [-0.4, -0.2) is 42.5 Å². The summed E-state index contributed by atoms with van der Waals surface area (Å²) in [7, 11) is -3.97. The van der Waals surface area contributed by atoms with Crippen LogP contribution in [0.15, 0.2) is 45.1 Å². The van der Waals surface area contributed by atoms with E-state index < -0.39 is 28.4 Å². The molecule has 1 aromatic heterocycles. The molecule has 0 atom stereocenters. The number of carbonyl (C=O) groups is 2. The fourth-order valence-corrected chi connectivity index (χ4v) is 5.63. The van der Waals surface area contributed by atoms with Gasteiger partial charge in [-0.3, -0.25) is 9.59 Å². The fourth-order valence-electron chi connectivity index (χ4n) is 2.61. The van der Waals surface area contributed by atoms with Gasteiger partial charge in [0.15, 0.2) is 0 Å². The van der Waals surface area contributed by atoms with Gasteiger partial charge in [0.1, 0.15) is 11.4 Å². The quantitative estimate of drug-likeness (QED) is 0.713. The van der Waals surface area contributed by atoms with Crippen LogP contribution in [0.2, 0.25) is 0 Å². The van der Waals surface area contributed by atoms with Gasteiger partial charge >= 0.3 is 0 Å². The molecule has 6 nitrogen and oxygen atoms in total. The third-order valence-electron chi connectivity index (χ3n) is 3.90. The lowest BCUT2D eigenvalue weighted by molar-refractivity contribution is -0.131. The molecule has 0 saturated carbocycles. The van der Waals surface area contributed by atoms with Crippen molar-refractivity contribution in [2.75, 3.05) is 13.1 Å². The number of hydrogen-bond donors (Lipinski definition) is 0. The summed E-state index contributed by atoms with van der Waals surface area (Å²) in [6.07, 6.45) is 0. The standard InChI is InChI=1S/C16H15BrN2O4S2/c1-2-18(9-11-7-8-14(17)24-11)15(20)10-19-16(21)12-5-3-4-6-13(12)25(19,22)23/h3-8H,2,9-10H2,1H3. The number of carbonyl (C=O) groups excluding carboxylic acids is 2. The molecule has 0 aliphatic carbocycles. The summed E-state index contributed by atoms with van der Waals surface area (Å²) >= 11 is 4.88. The molecular weight excluding hydrogens is 428 g/mol. The predicted molar refractivity (Wildman–Crippen MR) is 97.8 cm³/mol. The van der Waals surface area contributed by atoms with Crippen LogP contribution in [-0.2, 0) is 21.4 Å². The zero-order valence-corrected chi connectivity index (χ0v) is 16.5. The second-order valence-corrected chi connectivity index (χ2v) is 9.81. The summed E-state index contributed by atoms with van der Waals surface area (Å²) in [6, 6.07) is 9.79. The number of nitrogens with zero attached hydrogens (tertiary/aromatic N) is 2. The first-order valence-electron chi connectivity index (χ1n) is 7.52. The maximum absolute atomic E-state index is 12.6. The summed E-state index contributed by atoms with van der Waals surface area (Å²) < 4.78 is 26.7. The SMILES string of the molecule is CCN(Cc1ccc(Br)s1)C(=O)CN1C(=O)c2ccccc2S1(=O)=O. The van der Waals surface area contributed by atoms with Crippen LogP contribution >= 0.6 is 27.3 Å². The Kier molecular flexibility index (Phi) is 4.99. The van der Waals surface area contributed by atoms with Crippen LogP contribution in [0.1, 0.15) is 22.2 Å². The van der Waals surface area contributed by atoms with Gasteiger partial charge in [0.05, 0.1) is 15.9 Å². The molecule has 2 amide bonds. The van der Waals surface area contributed by atoms with Crippen LogP contribution < -0.4 is 0 Å². The van der Waals surface area contributed by atoms with Crippen LogP contribution in [0.5, 0.6) is 0 Å². The molecule has 1 aliphatic heterocycles. The monoisotopic (exact) mass is 442 g/mol. The number of amides is 2. The van der Waals surface area contributed by atoms with E-state index in [-0.39, 0.29) is 10.5 Å². The average Bonchev–Trinajstić information content (AvgIpc) is 3.08. The number of rotatable bonds is 5. The summed E-state index contributed by atoms with van der Waals surface area (Å²) in [4.78, 5) is 27.4. The maximum atomic E-state index is 12.6. The van der Waals surface area contributed by atoms with Crippen LogP contribution in [0.3, 0.4) is 0 Å². The van der Waals surface area contributed by atoms with E-state index in [0.717, 1.165) is 8.66 Å². The second-order valence-electron chi connectivity index (χ2n) is 5.43. The number of hydrogen-bond acceptors (Lipinski definition) is 5. The van der Waals surface area contributed by atoms with Crippen molar-refractivity contribution in [3.05, 3.63) is 50.6 Å². The number of sulfonamides is 1. The first kappa shape index (κ1) is 18.1. The van der Waals surface area contributed by atoms with Gasteiger partial charge in [0.2, 0.25) is 5.91 Å². The number of thiophene rings is 1. The molecule has 0 N–H and O–H groups in total. The summed E-state index contributed by atoms with van der Waals surface area (Å²) in [6.45, 7) is 2.12. The van der Waals surface area contributed by atoms with Crippen molar-refractivity contribution in [3.8, 4) is 0 Å². The topological polar surface area (TPSA) is 74.8 Å². The average molecular weight is 443 g/mol. The highest BCUT2D eigenvalue weighted by atomic mass is 79.9. The third kappa shape index (κ3) is 3.36. The van der Waals surface area contributed by atoms with Crippen LogP contribution in [0, 0.1) is 0 Å². The lowest BCUT2D eigenvalue weighted by Crippen LogP contribution is -2.42. The van der Waals surface area contributed by atoms with Crippen molar-refractivity contribution in [2.24, 2.45) is 0 Å². The van der Waals surface area contributed by atoms with Gasteiger partial charge in [-0.25, -0.2) is 12.7 Å². The normalized spacial score (nSPS) is 15.3. The van der Waals surface area contributed by atoms with E-state index in [2.05, 4.69) is 15.9 Å². The lowest BCUT2D eigenvalue weighted by Gasteiger charge is -2.23. The molecule has 0 unspecified atom stereocenters. The van der Waals surface area contributed by atoms with Gasteiger partial charge in [-0.05, 0) is 47.1 Å². The highest BCUT2D eigenvalue weighted by Crippen LogP contribution is 2.30. The zero-order chi connectivity index (χ0) is 18.2. The van der Waals surface area contributed by atoms with Crippen LogP contribution in [0.4, 0.5) is 0 Å². The molecule has 0 bridgehead atoms. The molecule has 0 saturated heterocycles. The highest BCUT2D eigenvalue weighted by Gasteiger charge is 2.42. The van der Waals surface area contributed by atoms with E-state index in [1.165, 1.54) is 28.4 Å². The minimum absolute atomic E-state index is 0.0435. The lowest BCUT2D eigenvalue weighted by atomic mass is 10.2. The van der Waals surface area contributed by atoms with E-state index >= 15 is 0 Å². The number of fused-ring (bicyclic) bond motifs is 1. The van der Waals surface area contributed by atoms with E-state index in [9.17, 15) is 18.0 Å². The number of benzene rings is 1. The Morgan fingerprint density at radius 2 is 1.96 bits per heavy atom. The molecule has 1 aliphatic rings. The smallest absolute Gasteiger partial charge is 0.269 e. The summed E-state index contributed by atoms with van der Waals surface area (Å²) in [5, 5.41) is 0. The molecular formula is C16H15BrN2O4S2. The molecule has 2 aromatic rings. The Balaban J connectivity index is 1.79. The van der Waals surface area contributed by atoms with Gasteiger partial charge in [-0.1, -0.05) is 12.1 Å². The first-order chi connectivity index (χ1) is 11.8. The van der Waals surface area contributed by atoms with E-state index in [1.807, 2.05) is 19.1 Å². The number of halogens is 1. The van der Waals surface area contributed by atoms with Crippen molar-refractivity contribution >= 4 is 49.1 Å². The Bertz CT molecular complexity index is 939. The van der Waals surface area contributed by atoms with E-state index in [4.69, 9.17) is 0 Å². The Hall–Kier alpha value is -1.71. The Morgan fingerprint density at radius 3 is 2.56 bits per heavy atom. The summed E-state index contributed by atoms with van der Waals surface area (Å²) in [5.74, 6) is -1.06. The van der Waals surface area contributed by atoms with Gasteiger partial charge in [0, 0.05) is 11.4 Å². The zero-order valence-electron chi connectivity index (χ0n) is 13.3. The van der Waals surface area contributed by atoms with Crippen LogP contribution in [0.25, 0.3) is 0 Å². The third-order valence-corrected chi connectivity index (χ3v) is 7.30. The van der Waals surface area contributed by atoms with Gasteiger partial charge in [0.25, 0.3) is 15.9 Å². The summed E-state index contributed by atoms with van der Waals surface area (Å²) in [5.41, 5.74) is 0.112. The minimum Gasteiger partial charge on any atom is -0.336 e. The molecule has 1 aromatic carbocycles. The van der Waals surface area contributed by atoms with Crippen molar-refractivity contribution in [2.45, 2.75) is 18.4 Å². The molecule has 3 rings (SSSR count). The van der Waals surface area contributed by atoms with Crippen molar-refractivity contribution < 1.29 is 18.0 Å². The molecule has 0 radical (unpaired) electrons. The first-order valence-corrected chi connectivity index (χ1v) is 10.6. The van der Waals surface area contributed by atoms with Gasteiger partial charge in [-0.15, -0.1) is 11.3 Å². The molecule has 25 heavy (non-hydrogen) atoms. The van der Waals surface area contributed by atoms with Gasteiger partial charge < -0.3 is 4.90 Å². The Labute approximate surface area is 158 Å². The molecule has 0 spiro atoms. The van der Waals surface area contributed by atoms with Crippen molar-refractivity contribution in [3.63, 3.8) is 0 Å². The highest BCUT2D eigenvalue weighted by molar-refractivity contribution is 9.11. The molecule has 2 heterocycles. The van der Waals surface area contributed by atoms with Crippen molar-refractivity contribution in [1.29, 1.82) is 0 Å². The van der Waals surface area contributed by atoms with E-state index in [1.54, 1.807) is 12.1 Å². The van der Waals surface area contributed by atoms with Crippen molar-refractivity contribution in [1.82, 2.24) is 9.21 Å². The van der Waals surface area contributed by atoms with Gasteiger partial charge in [-0.2, -0.15) is 0 Å². The largest absolute Gasteiger partial charge is 0.336 e. The minimum atomic E-state index is -3.97. The Morgan fingerprint density at radius 1 is 1.24 bits per heavy atom. The molecule has 132 valence electrons. The second kappa shape index (κ2) is 6.89. The fraction of sp³-hybridized carbons (Fsp3) is 0.250. The maximum Gasteiger partial charge on any atom is 0.269 e. The molecule has 9 heteroatoms. The number of likely N-dealkylation sites (N-methyl/N-ethyl adjacent to an activating group) is 1. The van der Waals surface area contributed by atoms with E-state index in [0.29, 0.717) is 17.4 Å². The predicted octanol–water partition coefficient (Wildman–Crippen LogP) is 2.70.